The van der Waals surface area contributed by atoms with Crippen molar-refractivity contribution in [2.45, 2.75) is 25.3 Å². The Labute approximate surface area is 126 Å². The molecule has 1 amide bonds. The number of hydrogen-bond donors (Lipinski definition) is 1. The van der Waals surface area contributed by atoms with Gasteiger partial charge in [0.25, 0.3) is 5.91 Å². The number of nitrogens with one attached hydrogen (secondary N) is 1. The normalized spacial score (nSPS) is 18.7. The van der Waals surface area contributed by atoms with Crippen LogP contribution in [0.25, 0.3) is 0 Å². The molecular weight excluding hydrogens is 268 g/mol. The van der Waals surface area contributed by atoms with E-state index in [4.69, 9.17) is 9.47 Å². The zero-order valence-corrected chi connectivity index (χ0v) is 13.0. The van der Waals surface area contributed by atoms with Crippen molar-refractivity contribution in [1.29, 1.82) is 0 Å². The first kappa shape index (κ1) is 15.6. The molecular formula is C16H24N2O3. The van der Waals surface area contributed by atoms with Gasteiger partial charge in [0, 0.05) is 13.1 Å². The van der Waals surface area contributed by atoms with Crippen LogP contribution in [-0.4, -0.2) is 51.2 Å². The Morgan fingerprint density at radius 1 is 1.19 bits per heavy atom. The highest BCUT2D eigenvalue weighted by Gasteiger charge is 2.26. The second-order valence-corrected chi connectivity index (χ2v) is 5.29. The second kappa shape index (κ2) is 7.31. The predicted molar refractivity (Wildman–Crippen MR) is 82.1 cm³/mol. The summed E-state index contributed by atoms with van der Waals surface area (Å²) in [6.07, 6.45) is 3.08. The molecule has 0 spiro atoms. The Kier molecular flexibility index (Phi) is 5.44. The molecule has 21 heavy (non-hydrogen) atoms. The topological polar surface area (TPSA) is 50.8 Å². The van der Waals surface area contributed by atoms with Gasteiger partial charge in [-0.25, -0.2) is 0 Å². The van der Waals surface area contributed by atoms with E-state index < -0.39 is 0 Å². The van der Waals surface area contributed by atoms with Crippen LogP contribution in [0.2, 0.25) is 0 Å². The van der Waals surface area contributed by atoms with Gasteiger partial charge in [-0.2, -0.15) is 0 Å². The van der Waals surface area contributed by atoms with Gasteiger partial charge in [-0.1, -0.05) is 6.07 Å². The standard InChI is InChI=1S/C16H24N2O3/c1-18(12-6-5-10-17-11-9-12)16(19)15-13(20-2)7-4-8-14(15)21-3/h4,7-8,12,17H,5-6,9-11H2,1-3H3. The molecule has 1 heterocycles. The van der Waals surface area contributed by atoms with Crippen LogP contribution in [0.4, 0.5) is 0 Å². The van der Waals surface area contributed by atoms with E-state index in [9.17, 15) is 4.79 Å². The van der Waals surface area contributed by atoms with E-state index in [1.54, 1.807) is 26.4 Å². The van der Waals surface area contributed by atoms with Crippen LogP contribution < -0.4 is 14.8 Å². The van der Waals surface area contributed by atoms with Gasteiger partial charge in [-0.3, -0.25) is 4.79 Å². The number of methoxy groups -OCH3 is 2. The van der Waals surface area contributed by atoms with E-state index >= 15 is 0 Å². The fraction of sp³-hybridized carbons (Fsp3) is 0.562. The minimum absolute atomic E-state index is 0.0452. The average Bonchev–Trinajstić information content (AvgIpc) is 2.81. The molecule has 1 N–H and O–H groups in total. The molecule has 1 saturated heterocycles. The van der Waals surface area contributed by atoms with Crippen LogP contribution in [0.5, 0.6) is 11.5 Å². The van der Waals surface area contributed by atoms with Crippen LogP contribution in [0.3, 0.4) is 0 Å². The molecule has 2 rings (SSSR count). The monoisotopic (exact) mass is 292 g/mol. The average molecular weight is 292 g/mol. The van der Waals surface area contributed by atoms with Crippen molar-refractivity contribution in [2.75, 3.05) is 34.4 Å². The molecule has 1 atom stereocenters. The maximum Gasteiger partial charge on any atom is 0.261 e. The molecule has 5 heteroatoms. The van der Waals surface area contributed by atoms with Gasteiger partial charge in [0.15, 0.2) is 0 Å². The summed E-state index contributed by atoms with van der Waals surface area (Å²) in [5.41, 5.74) is 0.502. The zero-order chi connectivity index (χ0) is 15.2. The molecule has 1 aromatic carbocycles. The molecule has 1 aliphatic heterocycles. The van der Waals surface area contributed by atoms with Gasteiger partial charge in [0.05, 0.1) is 14.2 Å². The summed E-state index contributed by atoms with van der Waals surface area (Å²) in [5, 5.41) is 3.37. The molecule has 0 aromatic heterocycles. The maximum absolute atomic E-state index is 12.9. The summed E-state index contributed by atoms with van der Waals surface area (Å²) < 4.78 is 10.7. The third kappa shape index (κ3) is 3.47. The molecule has 0 aliphatic carbocycles. The fourth-order valence-corrected chi connectivity index (χ4v) is 2.79. The molecule has 1 aromatic rings. The van der Waals surface area contributed by atoms with Crippen LogP contribution in [0.1, 0.15) is 29.6 Å². The molecule has 0 bridgehead atoms. The quantitative estimate of drug-likeness (QED) is 0.921. The minimum atomic E-state index is -0.0452. The molecule has 5 nitrogen and oxygen atoms in total. The first-order valence-corrected chi connectivity index (χ1v) is 7.38. The highest BCUT2D eigenvalue weighted by atomic mass is 16.5. The van der Waals surface area contributed by atoms with Crippen molar-refractivity contribution in [3.05, 3.63) is 23.8 Å². The number of nitrogens with zero attached hydrogens (tertiary/aromatic N) is 1. The van der Waals surface area contributed by atoms with Crippen molar-refractivity contribution < 1.29 is 14.3 Å². The van der Waals surface area contributed by atoms with E-state index in [0.717, 1.165) is 32.4 Å². The molecule has 0 radical (unpaired) electrons. The van der Waals surface area contributed by atoms with Gasteiger partial charge in [0.1, 0.15) is 17.1 Å². The van der Waals surface area contributed by atoms with E-state index in [1.165, 1.54) is 0 Å². The molecule has 116 valence electrons. The first-order valence-electron chi connectivity index (χ1n) is 7.38. The minimum Gasteiger partial charge on any atom is -0.496 e. The smallest absolute Gasteiger partial charge is 0.261 e. The largest absolute Gasteiger partial charge is 0.496 e. The van der Waals surface area contributed by atoms with Crippen LogP contribution >= 0.6 is 0 Å². The summed E-state index contributed by atoms with van der Waals surface area (Å²) in [7, 11) is 5.01. The van der Waals surface area contributed by atoms with Crippen LogP contribution in [0, 0.1) is 0 Å². The third-order valence-corrected chi connectivity index (χ3v) is 4.05. The predicted octanol–water partition coefficient (Wildman–Crippen LogP) is 1.92. The van der Waals surface area contributed by atoms with Crippen LogP contribution in [0.15, 0.2) is 18.2 Å². The molecule has 1 unspecified atom stereocenters. The van der Waals surface area contributed by atoms with Crippen molar-refractivity contribution in [2.24, 2.45) is 0 Å². The number of amides is 1. The number of carbonyl (C=O) groups excluding carboxylic acids is 1. The number of carbonyl (C=O) groups is 1. The van der Waals surface area contributed by atoms with Crippen molar-refractivity contribution in [1.82, 2.24) is 10.2 Å². The lowest BCUT2D eigenvalue weighted by Gasteiger charge is -2.28. The highest BCUT2D eigenvalue weighted by Crippen LogP contribution is 2.30. The lowest BCUT2D eigenvalue weighted by atomic mass is 10.1. The van der Waals surface area contributed by atoms with Gasteiger partial charge >= 0.3 is 0 Å². The first-order chi connectivity index (χ1) is 10.2. The second-order valence-electron chi connectivity index (χ2n) is 5.29. The number of benzene rings is 1. The highest BCUT2D eigenvalue weighted by molar-refractivity contribution is 5.99. The SMILES string of the molecule is COc1cccc(OC)c1C(=O)N(C)C1CCCNCC1. The van der Waals surface area contributed by atoms with Gasteiger partial charge in [0.2, 0.25) is 0 Å². The summed E-state index contributed by atoms with van der Waals surface area (Å²) in [5.74, 6) is 1.06. The lowest BCUT2D eigenvalue weighted by Crippen LogP contribution is -2.38. The Morgan fingerprint density at radius 2 is 1.86 bits per heavy atom. The van der Waals surface area contributed by atoms with Crippen LogP contribution in [-0.2, 0) is 0 Å². The van der Waals surface area contributed by atoms with Crippen molar-refractivity contribution in [3.63, 3.8) is 0 Å². The summed E-state index contributed by atoms with van der Waals surface area (Å²) in [6.45, 7) is 1.97. The summed E-state index contributed by atoms with van der Waals surface area (Å²) >= 11 is 0. The lowest BCUT2D eigenvalue weighted by molar-refractivity contribution is 0.0713. The fourth-order valence-electron chi connectivity index (χ4n) is 2.79. The molecule has 1 fully saturated rings. The van der Waals surface area contributed by atoms with Crippen molar-refractivity contribution >= 4 is 5.91 Å². The maximum atomic E-state index is 12.9. The number of hydrogen-bond acceptors (Lipinski definition) is 4. The molecule has 0 saturated carbocycles. The van der Waals surface area contributed by atoms with Gasteiger partial charge < -0.3 is 19.7 Å². The Balaban J connectivity index is 2.25. The van der Waals surface area contributed by atoms with Gasteiger partial charge in [-0.05, 0) is 44.5 Å². The van der Waals surface area contributed by atoms with E-state index in [1.807, 2.05) is 18.0 Å². The van der Waals surface area contributed by atoms with E-state index in [-0.39, 0.29) is 11.9 Å². The van der Waals surface area contributed by atoms with E-state index in [2.05, 4.69) is 5.32 Å². The van der Waals surface area contributed by atoms with E-state index in [0.29, 0.717) is 17.1 Å². The zero-order valence-electron chi connectivity index (χ0n) is 13.0. The Morgan fingerprint density at radius 3 is 2.48 bits per heavy atom. The number of rotatable bonds is 4. The summed E-state index contributed by atoms with van der Waals surface area (Å²) in [4.78, 5) is 14.7. The molecule has 1 aliphatic rings. The van der Waals surface area contributed by atoms with Crippen molar-refractivity contribution in [3.8, 4) is 11.5 Å². The Hall–Kier alpha value is -1.75. The Bertz CT molecular complexity index is 460. The number of ether oxygens (including phenoxy) is 2. The van der Waals surface area contributed by atoms with Gasteiger partial charge in [-0.15, -0.1) is 0 Å². The third-order valence-electron chi connectivity index (χ3n) is 4.05. The summed E-state index contributed by atoms with van der Waals surface area (Å²) in [6, 6.07) is 5.66.